The summed E-state index contributed by atoms with van der Waals surface area (Å²) in [4.78, 5) is 52.2. The maximum absolute atomic E-state index is 13.0. The molecule has 4 atom stereocenters. The van der Waals surface area contributed by atoms with Crippen molar-refractivity contribution in [3.8, 4) is 11.5 Å². The number of nitrogens with one attached hydrogen (secondary N) is 1. The Kier molecular flexibility index (Phi) is 5.76. The monoisotopic (exact) mass is 476 g/mol. The lowest BCUT2D eigenvalue weighted by molar-refractivity contribution is -0.123. The topological polar surface area (TPSA) is 111 Å². The van der Waals surface area contributed by atoms with E-state index >= 15 is 0 Å². The molecule has 180 valence electrons. The van der Waals surface area contributed by atoms with Crippen molar-refractivity contribution < 1.29 is 33.4 Å². The van der Waals surface area contributed by atoms with Crippen molar-refractivity contribution in [3.63, 3.8) is 0 Å². The highest BCUT2D eigenvalue weighted by molar-refractivity contribution is 6.23. The lowest BCUT2D eigenvalue weighted by Gasteiger charge is -2.18. The molecule has 2 fully saturated rings. The van der Waals surface area contributed by atoms with E-state index in [1.54, 1.807) is 30.3 Å². The van der Waals surface area contributed by atoms with Crippen molar-refractivity contribution in [2.75, 3.05) is 31.0 Å². The van der Waals surface area contributed by atoms with E-state index in [-0.39, 0.29) is 41.0 Å². The molecule has 1 saturated carbocycles. The predicted molar refractivity (Wildman–Crippen MR) is 125 cm³/mol. The lowest BCUT2D eigenvalue weighted by Crippen LogP contribution is -2.33. The van der Waals surface area contributed by atoms with Gasteiger partial charge >= 0.3 is 5.97 Å². The SMILES string of the molecule is COc1ccc(OC)c(NC(=O)COC(=O)c2cccc(N3C(=O)[C@H]4[C@H](C3=O)[C@H]3C=C[C@H]4C3)c2)c1. The molecule has 3 aliphatic rings. The molecular weight excluding hydrogens is 452 g/mol. The third-order valence-corrected chi connectivity index (χ3v) is 6.83. The zero-order chi connectivity index (χ0) is 24.7. The van der Waals surface area contributed by atoms with Crippen LogP contribution in [-0.4, -0.2) is 44.5 Å². The second-order valence-corrected chi connectivity index (χ2v) is 8.75. The van der Waals surface area contributed by atoms with Crippen molar-refractivity contribution in [3.05, 3.63) is 60.2 Å². The van der Waals surface area contributed by atoms with Crippen LogP contribution in [0.15, 0.2) is 54.6 Å². The van der Waals surface area contributed by atoms with Gasteiger partial charge in [-0.05, 0) is 48.6 Å². The van der Waals surface area contributed by atoms with Crippen LogP contribution in [0.3, 0.4) is 0 Å². The molecule has 9 heteroatoms. The van der Waals surface area contributed by atoms with E-state index in [2.05, 4.69) is 5.32 Å². The fourth-order valence-corrected chi connectivity index (χ4v) is 5.24. The predicted octanol–water partition coefficient (Wildman–Crippen LogP) is 2.81. The van der Waals surface area contributed by atoms with Crippen LogP contribution in [0, 0.1) is 23.7 Å². The molecule has 1 aliphatic heterocycles. The van der Waals surface area contributed by atoms with Gasteiger partial charge in [0.05, 0.1) is 43.0 Å². The smallest absolute Gasteiger partial charge is 0.338 e. The van der Waals surface area contributed by atoms with E-state index in [1.807, 2.05) is 12.2 Å². The number of hydrogen-bond acceptors (Lipinski definition) is 7. The molecule has 9 nitrogen and oxygen atoms in total. The van der Waals surface area contributed by atoms with Gasteiger partial charge < -0.3 is 19.5 Å². The Labute approximate surface area is 201 Å². The minimum Gasteiger partial charge on any atom is -0.497 e. The fourth-order valence-electron chi connectivity index (χ4n) is 5.24. The van der Waals surface area contributed by atoms with Gasteiger partial charge in [-0.15, -0.1) is 0 Å². The van der Waals surface area contributed by atoms with Crippen LogP contribution >= 0.6 is 0 Å². The molecule has 0 unspecified atom stereocenters. The summed E-state index contributed by atoms with van der Waals surface area (Å²) >= 11 is 0. The Balaban J connectivity index is 1.24. The van der Waals surface area contributed by atoms with Gasteiger partial charge in [-0.3, -0.25) is 14.4 Å². The van der Waals surface area contributed by atoms with Gasteiger partial charge in [-0.25, -0.2) is 9.69 Å². The summed E-state index contributed by atoms with van der Waals surface area (Å²) in [6, 6.07) is 11.1. The molecule has 2 bridgehead atoms. The molecule has 0 spiro atoms. The molecule has 35 heavy (non-hydrogen) atoms. The van der Waals surface area contributed by atoms with Crippen molar-refractivity contribution >= 4 is 35.1 Å². The van der Waals surface area contributed by atoms with E-state index < -0.39 is 18.5 Å². The number of amides is 3. The average molecular weight is 476 g/mol. The van der Waals surface area contributed by atoms with E-state index in [1.165, 1.54) is 31.3 Å². The zero-order valence-corrected chi connectivity index (χ0v) is 19.2. The molecule has 2 aromatic carbocycles. The lowest BCUT2D eigenvalue weighted by atomic mass is 9.85. The summed E-state index contributed by atoms with van der Waals surface area (Å²) in [5.74, 6) is -1.29. The van der Waals surface area contributed by atoms with Gasteiger partial charge in [-0.1, -0.05) is 18.2 Å². The first-order valence-corrected chi connectivity index (χ1v) is 11.3. The number of fused-ring (bicyclic) bond motifs is 5. The Hall–Kier alpha value is -4.14. The number of esters is 1. The highest BCUT2D eigenvalue weighted by Crippen LogP contribution is 2.53. The first-order valence-electron chi connectivity index (χ1n) is 11.3. The number of anilines is 2. The van der Waals surface area contributed by atoms with Gasteiger partial charge in [0, 0.05) is 6.07 Å². The second kappa shape index (κ2) is 8.90. The first kappa shape index (κ1) is 22.6. The van der Waals surface area contributed by atoms with Crippen LogP contribution in [0.2, 0.25) is 0 Å². The number of imide groups is 1. The average Bonchev–Trinajstić information content (AvgIpc) is 3.56. The van der Waals surface area contributed by atoms with Crippen LogP contribution in [0.4, 0.5) is 11.4 Å². The minimum atomic E-state index is -0.749. The van der Waals surface area contributed by atoms with Crippen molar-refractivity contribution in [1.82, 2.24) is 0 Å². The fraction of sp³-hybridized carbons (Fsp3) is 0.308. The summed E-state index contributed by atoms with van der Waals surface area (Å²) in [5.41, 5.74) is 0.830. The number of methoxy groups -OCH3 is 2. The van der Waals surface area contributed by atoms with Crippen molar-refractivity contribution in [2.45, 2.75) is 6.42 Å². The van der Waals surface area contributed by atoms with Crippen LogP contribution in [0.25, 0.3) is 0 Å². The summed E-state index contributed by atoms with van der Waals surface area (Å²) in [6.07, 6.45) is 4.90. The van der Waals surface area contributed by atoms with Gasteiger partial charge in [0.2, 0.25) is 11.8 Å². The zero-order valence-electron chi connectivity index (χ0n) is 19.2. The van der Waals surface area contributed by atoms with Gasteiger partial charge in [-0.2, -0.15) is 0 Å². The Morgan fingerprint density at radius 1 is 0.971 bits per heavy atom. The molecule has 0 radical (unpaired) electrons. The molecule has 0 aromatic heterocycles. The van der Waals surface area contributed by atoms with Crippen molar-refractivity contribution in [2.24, 2.45) is 23.7 Å². The third-order valence-electron chi connectivity index (χ3n) is 6.83. The van der Waals surface area contributed by atoms with E-state index in [0.717, 1.165) is 6.42 Å². The number of carbonyl (C=O) groups excluding carboxylic acids is 4. The Bertz CT molecular complexity index is 1220. The first-order chi connectivity index (χ1) is 16.9. The second-order valence-electron chi connectivity index (χ2n) is 8.75. The number of hydrogen-bond donors (Lipinski definition) is 1. The molecule has 5 rings (SSSR count). The normalized spacial score (nSPS) is 23.9. The summed E-state index contributed by atoms with van der Waals surface area (Å²) < 4.78 is 15.5. The highest BCUT2D eigenvalue weighted by Gasteiger charge is 2.59. The number of rotatable bonds is 7. The number of ether oxygens (including phenoxy) is 3. The van der Waals surface area contributed by atoms with Crippen LogP contribution in [-0.2, 0) is 19.1 Å². The number of allylic oxidation sites excluding steroid dienone is 2. The van der Waals surface area contributed by atoms with E-state index in [0.29, 0.717) is 22.9 Å². The van der Waals surface area contributed by atoms with E-state index in [9.17, 15) is 19.2 Å². The quantitative estimate of drug-likeness (QED) is 0.372. The van der Waals surface area contributed by atoms with Crippen LogP contribution in [0.5, 0.6) is 11.5 Å². The largest absolute Gasteiger partial charge is 0.497 e. The molecule has 1 N–H and O–H groups in total. The highest BCUT2D eigenvalue weighted by atomic mass is 16.5. The van der Waals surface area contributed by atoms with Gasteiger partial charge in [0.25, 0.3) is 5.91 Å². The van der Waals surface area contributed by atoms with Crippen molar-refractivity contribution in [1.29, 1.82) is 0 Å². The minimum absolute atomic E-state index is 0.0984. The molecular formula is C26H24N2O7. The third kappa shape index (κ3) is 3.92. The molecule has 3 amide bonds. The molecule has 1 saturated heterocycles. The maximum atomic E-state index is 13.0. The standard InChI is InChI=1S/C26H24N2O7/c1-33-18-8-9-20(34-2)19(12-18)27-21(29)13-35-26(32)16-4-3-5-17(11-16)28-24(30)22-14-6-7-15(10-14)23(22)25(28)31/h3-9,11-12,14-15,22-23H,10,13H2,1-2H3,(H,27,29)/t14-,15-,22+,23+/m0/s1. The Morgan fingerprint density at radius 2 is 1.69 bits per heavy atom. The maximum Gasteiger partial charge on any atom is 0.338 e. The van der Waals surface area contributed by atoms with Crippen LogP contribution < -0.4 is 19.7 Å². The molecule has 2 aliphatic carbocycles. The number of nitrogens with zero attached hydrogens (tertiary/aromatic N) is 1. The number of carbonyl (C=O) groups is 4. The summed E-state index contributed by atoms with van der Waals surface area (Å²) in [6.45, 7) is -0.538. The van der Waals surface area contributed by atoms with Crippen LogP contribution in [0.1, 0.15) is 16.8 Å². The summed E-state index contributed by atoms with van der Waals surface area (Å²) in [5, 5.41) is 2.62. The van der Waals surface area contributed by atoms with Gasteiger partial charge in [0.1, 0.15) is 11.5 Å². The molecule has 1 heterocycles. The van der Waals surface area contributed by atoms with E-state index in [4.69, 9.17) is 14.2 Å². The van der Waals surface area contributed by atoms with Gasteiger partial charge in [0.15, 0.2) is 6.61 Å². The Morgan fingerprint density at radius 3 is 2.34 bits per heavy atom. The number of benzene rings is 2. The molecule has 2 aromatic rings. The summed E-state index contributed by atoms with van der Waals surface area (Å²) in [7, 11) is 2.97.